The van der Waals surface area contributed by atoms with E-state index in [1.54, 1.807) is 0 Å². The van der Waals surface area contributed by atoms with Crippen molar-refractivity contribution in [2.45, 2.75) is 49.8 Å². The van der Waals surface area contributed by atoms with Gasteiger partial charge < -0.3 is 10.1 Å². The smallest absolute Gasteiger partial charge is 0.0666 e. The van der Waals surface area contributed by atoms with E-state index in [1.165, 1.54) is 17.5 Å². The highest BCUT2D eigenvalue weighted by atomic mass is 32.2. The molecule has 3 heteroatoms. The lowest BCUT2D eigenvalue weighted by Gasteiger charge is -2.27. The van der Waals surface area contributed by atoms with Crippen molar-refractivity contribution < 1.29 is 4.74 Å². The highest BCUT2D eigenvalue weighted by Gasteiger charge is 2.29. The van der Waals surface area contributed by atoms with Crippen LogP contribution in [0.25, 0.3) is 0 Å². The highest BCUT2D eigenvalue weighted by Crippen LogP contribution is 2.35. The number of ether oxygens (including phenoxy) is 1. The van der Waals surface area contributed by atoms with Crippen LogP contribution in [0.2, 0.25) is 0 Å². The SMILES string of the molecule is CNC(c1ccc(C)cc1)C(C)SC1CCOC1C. The van der Waals surface area contributed by atoms with Gasteiger partial charge in [0, 0.05) is 23.1 Å². The maximum atomic E-state index is 5.66. The van der Waals surface area contributed by atoms with E-state index < -0.39 is 0 Å². The Kier molecular flexibility index (Phi) is 5.31. The largest absolute Gasteiger partial charge is 0.377 e. The second kappa shape index (κ2) is 6.78. The highest BCUT2D eigenvalue weighted by molar-refractivity contribution is 8.00. The number of nitrogens with one attached hydrogen (secondary N) is 1. The Hall–Kier alpha value is -0.510. The lowest BCUT2D eigenvalue weighted by atomic mass is 10.0. The lowest BCUT2D eigenvalue weighted by Crippen LogP contribution is -2.28. The lowest BCUT2D eigenvalue weighted by molar-refractivity contribution is 0.127. The van der Waals surface area contributed by atoms with E-state index in [4.69, 9.17) is 4.74 Å². The van der Waals surface area contributed by atoms with Crippen LogP contribution in [0.15, 0.2) is 24.3 Å². The summed E-state index contributed by atoms with van der Waals surface area (Å²) in [6.07, 6.45) is 1.57. The Balaban J connectivity index is 2.02. The van der Waals surface area contributed by atoms with E-state index in [0.29, 0.717) is 22.6 Å². The van der Waals surface area contributed by atoms with Crippen LogP contribution in [0.1, 0.15) is 37.4 Å². The Morgan fingerprint density at radius 3 is 2.53 bits per heavy atom. The van der Waals surface area contributed by atoms with Gasteiger partial charge in [-0.25, -0.2) is 0 Å². The molecular formula is C16H25NOS. The van der Waals surface area contributed by atoms with Crippen LogP contribution < -0.4 is 5.32 Å². The number of hydrogen-bond donors (Lipinski definition) is 1. The summed E-state index contributed by atoms with van der Waals surface area (Å²) < 4.78 is 5.66. The number of aryl methyl sites for hydroxylation is 1. The summed E-state index contributed by atoms with van der Waals surface area (Å²) in [5, 5.41) is 4.64. The Labute approximate surface area is 121 Å². The number of thioether (sulfide) groups is 1. The molecule has 1 fully saturated rings. The van der Waals surface area contributed by atoms with Crippen molar-refractivity contribution in [2.75, 3.05) is 13.7 Å². The fraction of sp³-hybridized carbons (Fsp3) is 0.625. The van der Waals surface area contributed by atoms with Crippen molar-refractivity contribution in [3.63, 3.8) is 0 Å². The predicted molar refractivity (Wildman–Crippen MR) is 83.9 cm³/mol. The molecule has 2 nitrogen and oxygen atoms in total. The average Bonchev–Trinajstić information content (AvgIpc) is 2.78. The van der Waals surface area contributed by atoms with Crippen LogP contribution in [0.4, 0.5) is 0 Å². The molecule has 2 rings (SSSR count). The fourth-order valence-corrected chi connectivity index (χ4v) is 4.23. The molecule has 1 aromatic rings. The van der Waals surface area contributed by atoms with Crippen LogP contribution in [0.3, 0.4) is 0 Å². The van der Waals surface area contributed by atoms with Gasteiger partial charge in [-0.05, 0) is 32.9 Å². The third kappa shape index (κ3) is 3.74. The van der Waals surface area contributed by atoms with Gasteiger partial charge in [-0.1, -0.05) is 36.8 Å². The van der Waals surface area contributed by atoms with Crippen molar-refractivity contribution in [1.29, 1.82) is 0 Å². The molecule has 0 aromatic heterocycles. The monoisotopic (exact) mass is 279 g/mol. The molecule has 0 aliphatic carbocycles. The van der Waals surface area contributed by atoms with Gasteiger partial charge in [0.15, 0.2) is 0 Å². The molecule has 19 heavy (non-hydrogen) atoms. The predicted octanol–water partition coefficient (Wildman–Crippen LogP) is 3.55. The van der Waals surface area contributed by atoms with E-state index >= 15 is 0 Å². The minimum atomic E-state index is 0.392. The summed E-state index contributed by atoms with van der Waals surface area (Å²) in [4.78, 5) is 0. The molecule has 106 valence electrons. The van der Waals surface area contributed by atoms with Gasteiger partial charge in [-0.2, -0.15) is 11.8 Å². The van der Waals surface area contributed by atoms with Gasteiger partial charge in [0.25, 0.3) is 0 Å². The molecule has 0 bridgehead atoms. The fourth-order valence-electron chi connectivity index (χ4n) is 2.69. The van der Waals surface area contributed by atoms with Crippen molar-refractivity contribution in [2.24, 2.45) is 0 Å². The van der Waals surface area contributed by atoms with Crippen molar-refractivity contribution in [3.05, 3.63) is 35.4 Å². The van der Waals surface area contributed by atoms with E-state index in [1.807, 2.05) is 0 Å². The molecule has 0 amide bonds. The van der Waals surface area contributed by atoms with E-state index in [0.717, 1.165) is 6.61 Å². The number of rotatable bonds is 5. The van der Waals surface area contributed by atoms with Crippen LogP contribution in [0, 0.1) is 6.92 Å². The molecule has 1 saturated heterocycles. The van der Waals surface area contributed by atoms with Gasteiger partial charge in [0.1, 0.15) is 0 Å². The number of hydrogen-bond acceptors (Lipinski definition) is 3. The maximum Gasteiger partial charge on any atom is 0.0666 e. The van der Waals surface area contributed by atoms with Crippen molar-refractivity contribution >= 4 is 11.8 Å². The third-order valence-electron chi connectivity index (χ3n) is 3.91. The van der Waals surface area contributed by atoms with Crippen LogP contribution in [-0.4, -0.2) is 30.3 Å². The van der Waals surface area contributed by atoms with Gasteiger partial charge in [0.05, 0.1) is 6.10 Å². The Bertz CT molecular complexity index is 392. The van der Waals surface area contributed by atoms with Gasteiger partial charge in [-0.3, -0.25) is 0 Å². The van der Waals surface area contributed by atoms with E-state index in [-0.39, 0.29) is 0 Å². The minimum Gasteiger partial charge on any atom is -0.377 e. The van der Waals surface area contributed by atoms with Gasteiger partial charge >= 0.3 is 0 Å². The topological polar surface area (TPSA) is 21.3 Å². The van der Waals surface area contributed by atoms with Crippen LogP contribution in [-0.2, 0) is 4.74 Å². The molecule has 4 atom stereocenters. The number of benzene rings is 1. The summed E-state index contributed by atoms with van der Waals surface area (Å²) in [6.45, 7) is 7.56. The average molecular weight is 279 g/mol. The molecule has 1 heterocycles. The zero-order chi connectivity index (χ0) is 13.8. The quantitative estimate of drug-likeness (QED) is 0.890. The second-order valence-electron chi connectivity index (χ2n) is 5.42. The minimum absolute atomic E-state index is 0.392. The Morgan fingerprint density at radius 1 is 1.32 bits per heavy atom. The first-order valence-electron chi connectivity index (χ1n) is 7.12. The molecule has 0 spiro atoms. The molecule has 1 aliphatic rings. The first-order valence-corrected chi connectivity index (χ1v) is 8.07. The van der Waals surface area contributed by atoms with E-state index in [9.17, 15) is 0 Å². The molecule has 4 unspecified atom stereocenters. The molecule has 0 radical (unpaired) electrons. The van der Waals surface area contributed by atoms with Crippen molar-refractivity contribution in [3.8, 4) is 0 Å². The molecular weight excluding hydrogens is 254 g/mol. The summed E-state index contributed by atoms with van der Waals surface area (Å²) >= 11 is 2.06. The first-order chi connectivity index (χ1) is 9.11. The summed E-state index contributed by atoms with van der Waals surface area (Å²) in [5.74, 6) is 0. The zero-order valence-electron chi connectivity index (χ0n) is 12.3. The van der Waals surface area contributed by atoms with E-state index in [2.05, 4.69) is 69.2 Å². The molecule has 1 N–H and O–H groups in total. The normalized spacial score (nSPS) is 26.3. The third-order valence-corrected chi connectivity index (χ3v) is 5.58. The molecule has 1 aromatic carbocycles. The van der Waals surface area contributed by atoms with Crippen LogP contribution in [0.5, 0.6) is 0 Å². The second-order valence-corrected chi connectivity index (χ2v) is 7.04. The van der Waals surface area contributed by atoms with Gasteiger partial charge in [0.2, 0.25) is 0 Å². The van der Waals surface area contributed by atoms with Crippen LogP contribution >= 0.6 is 11.8 Å². The maximum absolute atomic E-state index is 5.66. The summed E-state index contributed by atoms with van der Waals surface area (Å²) in [6, 6.07) is 9.26. The summed E-state index contributed by atoms with van der Waals surface area (Å²) in [7, 11) is 2.05. The molecule has 0 saturated carbocycles. The first kappa shape index (κ1) is 14.9. The van der Waals surface area contributed by atoms with Crippen molar-refractivity contribution in [1.82, 2.24) is 5.32 Å². The molecule has 1 aliphatic heterocycles. The van der Waals surface area contributed by atoms with Gasteiger partial charge in [-0.15, -0.1) is 0 Å². The standard InChI is InChI=1S/C16H25NOS/c1-11-5-7-14(8-6-11)16(17-4)13(3)19-15-9-10-18-12(15)2/h5-8,12-13,15-17H,9-10H2,1-4H3. The zero-order valence-corrected chi connectivity index (χ0v) is 13.2. The summed E-state index contributed by atoms with van der Waals surface area (Å²) in [5.41, 5.74) is 2.69. The Morgan fingerprint density at radius 2 is 2.00 bits per heavy atom.